The molecule has 0 fully saturated rings. The van der Waals surface area contributed by atoms with Crippen molar-refractivity contribution in [2.45, 2.75) is 33.8 Å². The van der Waals surface area contributed by atoms with Crippen LogP contribution in [0.2, 0.25) is 0 Å². The van der Waals surface area contributed by atoms with E-state index in [0.29, 0.717) is 0 Å². The Hall–Kier alpha value is -1.28. The highest BCUT2D eigenvalue weighted by atomic mass is 16.3. The Morgan fingerprint density at radius 1 is 1.13 bits per heavy atom. The predicted octanol–water partition coefficient (Wildman–Crippen LogP) is 3.15. The fourth-order valence-electron chi connectivity index (χ4n) is 2.28. The molecule has 0 amide bonds. The molecule has 80 valence electrons. The van der Waals surface area contributed by atoms with E-state index in [1.807, 2.05) is 13.8 Å². The summed E-state index contributed by atoms with van der Waals surface area (Å²) in [6.45, 7) is 8.00. The Labute approximate surface area is 89.9 Å². The molecule has 2 heteroatoms. The van der Waals surface area contributed by atoms with Crippen molar-refractivity contribution in [3.63, 3.8) is 0 Å². The molecule has 0 aliphatic rings. The van der Waals surface area contributed by atoms with Gasteiger partial charge in [-0.1, -0.05) is 12.1 Å². The van der Waals surface area contributed by atoms with Gasteiger partial charge < -0.3 is 10.1 Å². The summed E-state index contributed by atoms with van der Waals surface area (Å²) in [5.41, 5.74) is 5.70. The number of rotatable bonds is 1. The predicted molar refractivity (Wildman–Crippen MR) is 63.1 cm³/mol. The van der Waals surface area contributed by atoms with Crippen LogP contribution < -0.4 is 0 Å². The smallest absolute Gasteiger partial charge is 0.0785 e. The number of aromatic nitrogens is 1. The number of benzene rings is 1. The molecule has 1 heterocycles. The Balaban J connectivity index is 2.92. The van der Waals surface area contributed by atoms with Gasteiger partial charge in [0, 0.05) is 22.2 Å². The van der Waals surface area contributed by atoms with Crippen LogP contribution >= 0.6 is 0 Å². The minimum absolute atomic E-state index is 0.417. The number of aryl methyl sites for hydroxylation is 3. The van der Waals surface area contributed by atoms with Gasteiger partial charge in [-0.15, -0.1) is 0 Å². The lowest BCUT2D eigenvalue weighted by Crippen LogP contribution is -1.93. The molecule has 1 unspecified atom stereocenters. The quantitative estimate of drug-likeness (QED) is 0.733. The summed E-state index contributed by atoms with van der Waals surface area (Å²) in [5, 5.41) is 11.0. The molecule has 2 aromatic rings. The first-order valence-corrected chi connectivity index (χ1v) is 5.28. The molecule has 0 saturated heterocycles. The van der Waals surface area contributed by atoms with Crippen LogP contribution in [0.15, 0.2) is 12.1 Å². The lowest BCUT2D eigenvalue weighted by Gasteiger charge is -2.06. The molecule has 2 nitrogen and oxygen atoms in total. The van der Waals surface area contributed by atoms with Crippen LogP contribution in [0, 0.1) is 20.8 Å². The minimum Gasteiger partial charge on any atom is -0.389 e. The third kappa shape index (κ3) is 1.45. The van der Waals surface area contributed by atoms with Crippen LogP contribution in [0.5, 0.6) is 0 Å². The number of nitrogens with one attached hydrogen (secondary N) is 1. The lowest BCUT2D eigenvalue weighted by atomic mass is 10.0. The van der Waals surface area contributed by atoms with E-state index < -0.39 is 6.10 Å². The van der Waals surface area contributed by atoms with Gasteiger partial charge in [0.25, 0.3) is 0 Å². The van der Waals surface area contributed by atoms with Crippen molar-refractivity contribution in [3.05, 3.63) is 34.5 Å². The Morgan fingerprint density at radius 3 is 2.33 bits per heavy atom. The standard InChI is InChI=1S/C13H17NO/c1-7-5-6-8(2)13-11(7)12(10(4)15)9(3)14-13/h5-6,10,14-15H,1-4H3. The lowest BCUT2D eigenvalue weighted by molar-refractivity contribution is 0.200. The third-order valence-electron chi connectivity index (χ3n) is 3.03. The zero-order valence-electron chi connectivity index (χ0n) is 9.68. The van der Waals surface area contributed by atoms with Crippen LogP contribution in [0.4, 0.5) is 0 Å². The van der Waals surface area contributed by atoms with Gasteiger partial charge in [0.05, 0.1) is 6.10 Å². The highest BCUT2D eigenvalue weighted by Gasteiger charge is 2.15. The molecule has 2 rings (SSSR count). The molecule has 0 aliphatic carbocycles. The summed E-state index contributed by atoms with van der Waals surface area (Å²) in [4.78, 5) is 3.36. The first-order chi connectivity index (χ1) is 7.02. The molecular weight excluding hydrogens is 186 g/mol. The maximum atomic E-state index is 9.79. The van der Waals surface area contributed by atoms with E-state index in [0.717, 1.165) is 16.8 Å². The van der Waals surface area contributed by atoms with Crippen molar-refractivity contribution in [1.82, 2.24) is 4.98 Å². The number of aliphatic hydroxyl groups excluding tert-OH is 1. The van der Waals surface area contributed by atoms with Gasteiger partial charge in [-0.05, 0) is 38.8 Å². The maximum absolute atomic E-state index is 9.79. The Bertz CT molecular complexity index is 509. The summed E-state index contributed by atoms with van der Waals surface area (Å²) in [6.07, 6.45) is -0.417. The van der Waals surface area contributed by atoms with Gasteiger partial charge in [-0.25, -0.2) is 0 Å². The molecule has 2 N–H and O–H groups in total. The third-order valence-corrected chi connectivity index (χ3v) is 3.03. The van der Waals surface area contributed by atoms with Crippen molar-refractivity contribution in [3.8, 4) is 0 Å². The average Bonchev–Trinajstić information content (AvgIpc) is 2.50. The molecule has 0 radical (unpaired) electrons. The Morgan fingerprint density at radius 2 is 1.73 bits per heavy atom. The summed E-state index contributed by atoms with van der Waals surface area (Å²) in [6, 6.07) is 4.22. The number of H-pyrrole nitrogens is 1. The SMILES string of the molecule is Cc1[nH]c2c(C)ccc(C)c2c1C(C)O. The molecule has 0 saturated carbocycles. The number of hydrogen-bond acceptors (Lipinski definition) is 1. The van der Waals surface area contributed by atoms with E-state index in [1.165, 1.54) is 16.5 Å². The average molecular weight is 203 g/mol. The second-order valence-electron chi connectivity index (χ2n) is 4.29. The van der Waals surface area contributed by atoms with E-state index in [1.54, 1.807) is 0 Å². The van der Waals surface area contributed by atoms with E-state index in [9.17, 15) is 5.11 Å². The van der Waals surface area contributed by atoms with Gasteiger partial charge in [0.1, 0.15) is 0 Å². The number of fused-ring (bicyclic) bond motifs is 1. The normalized spacial score (nSPS) is 13.4. The first-order valence-electron chi connectivity index (χ1n) is 5.28. The highest BCUT2D eigenvalue weighted by Crippen LogP contribution is 2.31. The first kappa shape index (κ1) is 10.2. The topological polar surface area (TPSA) is 36.0 Å². The second-order valence-corrected chi connectivity index (χ2v) is 4.29. The van der Waals surface area contributed by atoms with Crippen LogP contribution in [0.1, 0.15) is 35.4 Å². The summed E-state index contributed by atoms with van der Waals surface area (Å²) < 4.78 is 0. The van der Waals surface area contributed by atoms with Crippen molar-refractivity contribution in [2.24, 2.45) is 0 Å². The number of hydrogen-bond donors (Lipinski definition) is 2. The molecule has 15 heavy (non-hydrogen) atoms. The molecule has 1 aromatic carbocycles. The number of aliphatic hydroxyl groups is 1. The summed E-state index contributed by atoms with van der Waals surface area (Å²) in [7, 11) is 0. The highest BCUT2D eigenvalue weighted by molar-refractivity contribution is 5.90. The van der Waals surface area contributed by atoms with Gasteiger partial charge in [-0.2, -0.15) is 0 Å². The van der Waals surface area contributed by atoms with Gasteiger partial charge in [-0.3, -0.25) is 0 Å². The maximum Gasteiger partial charge on any atom is 0.0785 e. The van der Waals surface area contributed by atoms with Gasteiger partial charge in [0.2, 0.25) is 0 Å². The van der Waals surface area contributed by atoms with Crippen molar-refractivity contribution in [1.29, 1.82) is 0 Å². The zero-order chi connectivity index (χ0) is 11.2. The monoisotopic (exact) mass is 203 g/mol. The molecule has 1 aromatic heterocycles. The minimum atomic E-state index is -0.417. The molecular formula is C13H17NO. The van der Waals surface area contributed by atoms with E-state index in [-0.39, 0.29) is 0 Å². The van der Waals surface area contributed by atoms with E-state index >= 15 is 0 Å². The second kappa shape index (κ2) is 3.38. The summed E-state index contributed by atoms with van der Waals surface area (Å²) >= 11 is 0. The van der Waals surface area contributed by atoms with Gasteiger partial charge >= 0.3 is 0 Å². The number of aromatic amines is 1. The fourth-order valence-corrected chi connectivity index (χ4v) is 2.28. The van der Waals surface area contributed by atoms with Crippen LogP contribution in [0.3, 0.4) is 0 Å². The summed E-state index contributed by atoms with van der Waals surface area (Å²) in [5.74, 6) is 0. The zero-order valence-corrected chi connectivity index (χ0v) is 9.68. The van der Waals surface area contributed by atoms with E-state index in [4.69, 9.17) is 0 Å². The molecule has 1 atom stereocenters. The fraction of sp³-hybridized carbons (Fsp3) is 0.385. The van der Waals surface area contributed by atoms with Crippen LogP contribution in [0.25, 0.3) is 10.9 Å². The van der Waals surface area contributed by atoms with Crippen LogP contribution in [-0.2, 0) is 0 Å². The Kier molecular flexibility index (Phi) is 2.31. The molecule has 0 bridgehead atoms. The largest absolute Gasteiger partial charge is 0.389 e. The van der Waals surface area contributed by atoms with Crippen molar-refractivity contribution in [2.75, 3.05) is 0 Å². The molecule has 0 aliphatic heterocycles. The molecule has 0 spiro atoms. The van der Waals surface area contributed by atoms with E-state index in [2.05, 4.69) is 31.0 Å². The van der Waals surface area contributed by atoms with Crippen LogP contribution in [-0.4, -0.2) is 10.1 Å². The van der Waals surface area contributed by atoms with Crippen molar-refractivity contribution < 1.29 is 5.11 Å². The van der Waals surface area contributed by atoms with Gasteiger partial charge in [0.15, 0.2) is 0 Å². The van der Waals surface area contributed by atoms with Crippen molar-refractivity contribution >= 4 is 10.9 Å².